The van der Waals surface area contributed by atoms with E-state index >= 15 is 0 Å². The van der Waals surface area contributed by atoms with E-state index in [4.69, 9.17) is 5.73 Å². The highest BCUT2D eigenvalue weighted by Crippen LogP contribution is 2.50. The molecule has 0 spiro atoms. The summed E-state index contributed by atoms with van der Waals surface area (Å²) < 4.78 is 0. The molecule has 1 aliphatic rings. The lowest BCUT2D eigenvalue weighted by atomic mass is 9.61. The maximum absolute atomic E-state index is 11.3. The van der Waals surface area contributed by atoms with E-state index in [2.05, 4.69) is 0 Å². The molecule has 1 fully saturated rings. The van der Waals surface area contributed by atoms with Crippen LogP contribution in [0.15, 0.2) is 12.1 Å². The second-order valence-electron chi connectivity index (χ2n) is 4.39. The van der Waals surface area contributed by atoms with E-state index in [0.717, 1.165) is 6.07 Å². The number of carboxylic acid groups (broad SMARTS) is 1. The van der Waals surface area contributed by atoms with Crippen LogP contribution < -0.4 is 5.73 Å². The molecule has 0 aliphatic heterocycles. The fraction of sp³-hybridized carbons (Fsp3) is 0.364. The highest BCUT2D eigenvalue weighted by Gasteiger charge is 2.52. The Morgan fingerprint density at radius 1 is 1.24 bits per heavy atom. The molecule has 0 radical (unpaired) electrons. The summed E-state index contributed by atoms with van der Waals surface area (Å²) in [6.07, 6.45) is 0.389. The van der Waals surface area contributed by atoms with E-state index in [1.807, 2.05) is 0 Å². The molecule has 0 bridgehead atoms. The van der Waals surface area contributed by atoms with E-state index in [-0.39, 0.29) is 24.4 Å². The van der Waals surface area contributed by atoms with Gasteiger partial charge in [0.05, 0.1) is 5.41 Å². The van der Waals surface area contributed by atoms with Gasteiger partial charge in [-0.05, 0) is 18.9 Å². The Morgan fingerprint density at radius 2 is 1.82 bits per heavy atom. The molecule has 92 valence electrons. The molecule has 6 N–H and O–H groups in total. The highest BCUT2D eigenvalue weighted by molar-refractivity contribution is 5.85. The summed E-state index contributed by atoms with van der Waals surface area (Å²) in [7, 11) is 0. The SMILES string of the molecule is NC1CC(C(=O)O)(c2ccc(O)c(O)c2O)C1. The fourth-order valence-corrected chi connectivity index (χ4v) is 2.30. The van der Waals surface area contributed by atoms with Crippen LogP contribution in [0, 0.1) is 0 Å². The molecule has 1 saturated carbocycles. The van der Waals surface area contributed by atoms with E-state index < -0.39 is 28.6 Å². The van der Waals surface area contributed by atoms with Crippen LogP contribution in [0.2, 0.25) is 0 Å². The maximum Gasteiger partial charge on any atom is 0.314 e. The summed E-state index contributed by atoms with van der Waals surface area (Å²) in [6, 6.07) is 2.21. The van der Waals surface area contributed by atoms with Gasteiger partial charge in [-0.1, -0.05) is 6.07 Å². The molecular formula is C11H13NO5. The molecule has 1 aliphatic carbocycles. The summed E-state index contributed by atoms with van der Waals surface area (Å²) in [5.41, 5.74) is 4.41. The first-order valence-electron chi connectivity index (χ1n) is 5.12. The molecular weight excluding hydrogens is 226 g/mol. The number of aromatic hydroxyl groups is 3. The zero-order valence-corrected chi connectivity index (χ0v) is 8.92. The van der Waals surface area contributed by atoms with Crippen LogP contribution in [0.25, 0.3) is 0 Å². The van der Waals surface area contributed by atoms with Crippen LogP contribution in [0.3, 0.4) is 0 Å². The first kappa shape index (κ1) is 11.5. The zero-order chi connectivity index (χ0) is 12.8. The lowest BCUT2D eigenvalue weighted by molar-refractivity contribution is -0.148. The minimum Gasteiger partial charge on any atom is -0.504 e. The van der Waals surface area contributed by atoms with E-state index in [9.17, 15) is 25.2 Å². The Balaban J connectivity index is 2.53. The number of hydrogen-bond acceptors (Lipinski definition) is 5. The fourth-order valence-electron chi connectivity index (χ4n) is 2.30. The summed E-state index contributed by atoms with van der Waals surface area (Å²) in [4.78, 5) is 11.3. The number of aliphatic carboxylic acids is 1. The number of rotatable bonds is 2. The molecule has 6 nitrogen and oxygen atoms in total. The molecule has 6 heteroatoms. The first-order valence-corrected chi connectivity index (χ1v) is 5.12. The van der Waals surface area contributed by atoms with E-state index in [1.165, 1.54) is 6.07 Å². The third kappa shape index (κ3) is 1.49. The van der Waals surface area contributed by atoms with Gasteiger partial charge in [-0.3, -0.25) is 4.79 Å². The molecule has 0 atom stereocenters. The molecule has 0 aromatic heterocycles. The minimum absolute atomic E-state index is 0.0852. The van der Waals surface area contributed by atoms with Gasteiger partial charge in [0.25, 0.3) is 0 Å². The quantitative estimate of drug-likeness (QED) is 0.471. The number of phenolic OH excluding ortho intramolecular Hbond substituents is 3. The van der Waals surface area contributed by atoms with Crippen molar-refractivity contribution in [2.24, 2.45) is 5.73 Å². The summed E-state index contributed by atoms with van der Waals surface area (Å²) >= 11 is 0. The Kier molecular flexibility index (Phi) is 2.39. The smallest absolute Gasteiger partial charge is 0.314 e. The number of carboxylic acids is 1. The lowest BCUT2D eigenvalue weighted by Gasteiger charge is -2.43. The van der Waals surface area contributed by atoms with Gasteiger partial charge in [0.1, 0.15) is 0 Å². The third-order valence-corrected chi connectivity index (χ3v) is 3.28. The second-order valence-corrected chi connectivity index (χ2v) is 4.39. The van der Waals surface area contributed by atoms with Gasteiger partial charge < -0.3 is 26.2 Å². The van der Waals surface area contributed by atoms with Crippen molar-refractivity contribution in [3.8, 4) is 17.2 Å². The normalized spacial score (nSPS) is 27.5. The predicted molar refractivity (Wildman–Crippen MR) is 58.0 cm³/mol. The van der Waals surface area contributed by atoms with Crippen molar-refractivity contribution in [1.29, 1.82) is 0 Å². The summed E-state index contributed by atoms with van der Waals surface area (Å²) in [6.45, 7) is 0. The van der Waals surface area contributed by atoms with Gasteiger partial charge in [-0.25, -0.2) is 0 Å². The topological polar surface area (TPSA) is 124 Å². The van der Waals surface area contributed by atoms with Crippen LogP contribution in [0.4, 0.5) is 0 Å². The van der Waals surface area contributed by atoms with Crippen LogP contribution in [-0.4, -0.2) is 32.4 Å². The average Bonchev–Trinajstić information content (AvgIpc) is 2.22. The molecule has 0 amide bonds. The third-order valence-electron chi connectivity index (χ3n) is 3.28. The van der Waals surface area contributed by atoms with Crippen molar-refractivity contribution in [2.45, 2.75) is 24.3 Å². The molecule has 1 aromatic rings. The van der Waals surface area contributed by atoms with Crippen molar-refractivity contribution < 1.29 is 25.2 Å². The van der Waals surface area contributed by atoms with Crippen molar-refractivity contribution in [3.63, 3.8) is 0 Å². The standard InChI is InChI=1S/C11H13NO5/c12-5-3-11(4-5,10(16)17)6-1-2-7(13)9(15)8(6)14/h1-2,5,13-15H,3-4,12H2,(H,16,17). The van der Waals surface area contributed by atoms with Gasteiger partial charge in [0.2, 0.25) is 5.75 Å². The van der Waals surface area contributed by atoms with Gasteiger partial charge in [0.15, 0.2) is 11.5 Å². The molecule has 0 heterocycles. The number of nitrogens with two attached hydrogens (primary N) is 1. The Bertz CT molecular complexity index is 479. The second kappa shape index (κ2) is 3.53. The Morgan fingerprint density at radius 3 is 2.29 bits per heavy atom. The molecule has 1 aromatic carbocycles. The number of carbonyl (C=O) groups is 1. The summed E-state index contributed by atoms with van der Waals surface area (Å²) in [5.74, 6) is -2.89. The number of benzene rings is 1. The highest BCUT2D eigenvalue weighted by atomic mass is 16.4. The van der Waals surface area contributed by atoms with Crippen LogP contribution in [-0.2, 0) is 10.2 Å². The number of hydrogen-bond donors (Lipinski definition) is 5. The number of phenols is 3. The zero-order valence-electron chi connectivity index (χ0n) is 8.92. The van der Waals surface area contributed by atoms with E-state index in [0.29, 0.717) is 0 Å². The Labute approximate surface area is 96.9 Å². The predicted octanol–water partition coefficient (Wildman–Crippen LogP) is 0.247. The van der Waals surface area contributed by atoms with Crippen LogP contribution >= 0.6 is 0 Å². The van der Waals surface area contributed by atoms with Crippen molar-refractivity contribution in [1.82, 2.24) is 0 Å². The monoisotopic (exact) mass is 239 g/mol. The molecule has 0 saturated heterocycles. The van der Waals surface area contributed by atoms with Crippen molar-refractivity contribution in [3.05, 3.63) is 17.7 Å². The van der Waals surface area contributed by atoms with Gasteiger partial charge in [-0.15, -0.1) is 0 Å². The average molecular weight is 239 g/mol. The van der Waals surface area contributed by atoms with Gasteiger partial charge in [0, 0.05) is 11.6 Å². The minimum atomic E-state index is -1.27. The molecule has 17 heavy (non-hydrogen) atoms. The van der Waals surface area contributed by atoms with Crippen molar-refractivity contribution in [2.75, 3.05) is 0 Å². The lowest BCUT2D eigenvalue weighted by Crippen LogP contribution is -2.54. The maximum atomic E-state index is 11.3. The van der Waals surface area contributed by atoms with Gasteiger partial charge >= 0.3 is 5.97 Å². The van der Waals surface area contributed by atoms with E-state index in [1.54, 1.807) is 0 Å². The van der Waals surface area contributed by atoms with Crippen molar-refractivity contribution >= 4 is 5.97 Å². The molecule has 2 rings (SSSR count). The Hall–Kier alpha value is -1.95. The van der Waals surface area contributed by atoms with Crippen LogP contribution in [0.5, 0.6) is 17.2 Å². The first-order chi connectivity index (χ1) is 7.88. The summed E-state index contributed by atoms with van der Waals surface area (Å²) in [5, 5.41) is 37.5. The largest absolute Gasteiger partial charge is 0.504 e. The van der Waals surface area contributed by atoms with Crippen LogP contribution in [0.1, 0.15) is 18.4 Å². The molecule has 0 unspecified atom stereocenters. The van der Waals surface area contributed by atoms with Gasteiger partial charge in [-0.2, -0.15) is 0 Å².